The van der Waals surface area contributed by atoms with Crippen molar-refractivity contribution < 1.29 is 19.1 Å². The van der Waals surface area contributed by atoms with Crippen LogP contribution in [0.2, 0.25) is 5.02 Å². The Hall–Kier alpha value is -2.71. The molecule has 0 unspecified atom stereocenters. The number of thioether (sulfide) groups is 1. The number of nitrogens with one attached hydrogen (secondary N) is 1. The molecule has 152 valence electrons. The molecule has 2 aromatic carbocycles. The fraction of sp³-hybridized carbons (Fsp3) is 0.250. The number of amidine groups is 1. The summed E-state index contributed by atoms with van der Waals surface area (Å²) in [7, 11) is 1.56. The van der Waals surface area contributed by atoms with Crippen molar-refractivity contribution in [2.45, 2.75) is 25.8 Å². The Labute approximate surface area is 178 Å². The molecule has 7 nitrogen and oxygen atoms in total. The fourth-order valence-corrected chi connectivity index (χ4v) is 4.06. The molecule has 0 spiro atoms. The van der Waals surface area contributed by atoms with Gasteiger partial charge in [0.15, 0.2) is 5.17 Å². The van der Waals surface area contributed by atoms with Gasteiger partial charge in [0.1, 0.15) is 23.5 Å². The first kappa shape index (κ1) is 21.0. The van der Waals surface area contributed by atoms with Gasteiger partial charge in [-0.25, -0.2) is 5.01 Å². The number of hydrogen-bond donors (Lipinski definition) is 1. The molecular weight excluding hydrogens is 414 g/mol. The minimum Gasteiger partial charge on any atom is -0.497 e. The van der Waals surface area contributed by atoms with Gasteiger partial charge in [-0.1, -0.05) is 41.6 Å². The standard InChI is InChI=1S/C20H20ClN3O4S/c1-12(25)22-20-23-24(13(2)26)19(29-20)16-10-15(27-3)8-9-18(16)28-11-14-6-4-5-7-17(14)21/h4-10,19H,11H2,1-3H3,(H,22,23,25)/t19-/m0/s1. The Balaban J connectivity index is 1.91. The summed E-state index contributed by atoms with van der Waals surface area (Å²) in [6.07, 6.45) is 0. The van der Waals surface area contributed by atoms with Gasteiger partial charge >= 0.3 is 0 Å². The van der Waals surface area contributed by atoms with Crippen LogP contribution in [0.25, 0.3) is 0 Å². The van der Waals surface area contributed by atoms with Crippen LogP contribution < -0.4 is 14.8 Å². The molecule has 1 heterocycles. The summed E-state index contributed by atoms with van der Waals surface area (Å²) in [5.74, 6) is 0.653. The summed E-state index contributed by atoms with van der Waals surface area (Å²) < 4.78 is 11.4. The molecule has 0 aliphatic carbocycles. The van der Waals surface area contributed by atoms with Crippen molar-refractivity contribution in [2.75, 3.05) is 7.11 Å². The zero-order chi connectivity index (χ0) is 21.0. The van der Waals surface area contributed by atoms with Crippen molar-refractivity contribution in [3.05, 3.63) is 58.6 Å². The minimum absolute atomic E-state index is 0.260. The second-order valence-electron chi connectivity index (χ2n) is 6.20. The maximum absolute atomic E-state index is 12.2. The molecule has 0 radical (unpaired) electrons. The van der Waals surface area contributed by atoms with Crippen LogP contribution in [0, 0.1) is 0 Å². The average Bonchev–Trinajstić information content (AvgIpc) is 3.10. The van der Waals surface area contributed by atoms with Gasteiger partial charge in [-0.15, -0.1) is 5.10 Å². The summed E-state index contributed by atoms with van der Waals surface area (Å²) in [4.78, 5) is 23.6. The molecule has 1 aliphatic heterocycles. The normalized spacial score (nSPS) is 15.7. The number of carbonyl (C=O) groups excluding carboxylic acids is 2. The lowest BCUT2D eigenvalue weighted by atomic mass is 10.1. The summed E-state index contributed by atoms with van der Waals surface area (Å²) in [5.41, 5.74) is 1.54. The van der Waals surface area contributed by atoms with E-state index in [2.05, 4.69) is 10.4 Å². The predicted octanol–water partition coefficient (Wildman–Crippen LogP) is 3.93. The highest BCUT2D eigenvalue weighted by Gasteiger charge is 2.34. The van der Waals surface area contributed by atoms with E-state index in [-0.39, 0.29) is 18.4 Å². The number of amides is 2. The quantitative estimate of drug-likeness (QED) is 0.772. The number of ether oxygens (including phenoxy) is 2. The van der Waals surface area contributed by atoms with E-state index < -0.39 is 5.37 Å². The molecule has 9 heteroatoms. The summed E-state index contributed by atoms with van der Waals surface area (Å²) in [6, 6.07) is 12.8. The van der Waals surface area contributed by atoms with E-state index in [1.807, 2.05) is 18.2 Å². The molecular formula is C20H20ClN3O4S. The van der Waals surface area contributed by atoms with Crippen molar-refractivity contribution in [1.29, 1.82) is 0 Å². The van der Waals surface area contributed by atoms with Crippen LogP contribution in [0.4, 0.5) is 0 Å². The molecule has 0 fully saturated rings. The van der Waals surface area contributed by atoms with Crippen LogP contribution in [0.15, 0.2) is 47.6 Å². The van der Waals surface area contributed by atoms with E-state index in [1.165, 1.54) is 30.6 Å². The smallest absolute Gasteiger partial charge is 0.241 e. The van der Waals surface area contributed by atoms with Crippen molar-refractivity contribution in [3.8, 4) is 11.5 Å². The zero-order valence-corrected chi connectivity index (χ0v) is 17.7. The topological polar surface area (TPSA) is 80.2 Å². The first-order chi connectivity index (χ1) is 13.9. The van der Waals surface area contributed by atoms with Crippen molar-refractivity contribution in [2.24, 2.45) is 5.10 Å². The molecule has 2 amide bonds. The van der Waals surface area contributed by atoms with Gasteiger partial charge in [-0.2, -0.15) is 0 Å². The van der Waals surface area contributed by atoms with Crippen LogP contribution in [-0.2, 0) is 16.2 Å². The van der Waals surface area contributed by atoms with Crippen LogP contribution in [0.5, 0.6) is 11.5 Å². The lowest BCUT2D eigenvalue weighted by Crippen LogP contribution is -2.25. The van der Waals surface area contributed by atoms with E-state index >= 15 is 0 Å². The van der Waals surface area contributed by atoms with Crippen molar-refractivity contribution >= 4 is 40.3 Å². The van der Waals surface area contributed by atoms with Crippen LogP contribution in [0.3, 0.4) is 0 Å². The highest BCUT2D eigenvalue weighted by atomic mass is 35.5. The summed E-state index contributed by atoms with van der Waals surface area (Å²) in [6.45, 7) is 3.06. The maximum atomic E-state index is 12.2. The fourth-order valence-electron chi connectivity index (χ4n) is 2.71. The molecule has 1 aliphatic rings. The molecule has 1 N–H and O–H groups in total. The van der Waals surface area contributed by atoms with Gasteiger partial charge in [0, 0.05) is 30.0 Å². The summed E-state index contributed by atoms with van der Waals surface area (Å²) in [5, 5.41) is 8.62. The number of nitrogens with zero attached hydrogens (tertiary/aromatic N) is 2. The number of carbonyl (C=O) groups is 2. The Bertz CT molecular complexity index is 966. The van der Waals surface area contributed by atoms with Gasteiger partial charge in [0.05, 0.1) is 7.11 Å². The molecule has 29 heavy (non-hydrogen) atoms. The number of rotatable bonds is 5. The summed E-state index contributed by atoms with van der Waals surface area (Å²) >= 11 is 7.47. The van der Waals surface area contributed by atoms with Gasteiger partial charge in [-0.3, -0.25) is 9.59 Å². The zero-order valence-electron chi connectivity index (χ0n) is 16.1. The molecule has 0 bridgehead atoms. The predicted molar refractivity (Wildman–Crippen MR) is 113 cm³/mol. The maximum Gasteiger partial charge on any atom is 0.241 e. The minimum atomic E-state index is -0.509. The highest BCUT2D eigenvalue weighted by molar-refractivity contribution is 8.14. The van der Waals surface area contributed by atoms with Gasteiger partial charge in [0.25, 0.3) is 0 Å². The third kappa shape index (κ3) is 5.02. The van der Waals surface area contributed by atoms with E-state index in [0.717, 1.165) is 5.56 Å². The second kappa shape index (κ2) is 9.19. The molecule has 0 saturated carbocycles. The third-order valence-electron chi connectivity index (χ3n) is 4.07. The number of hydrogen-bond acceptors (Lipinski definition) is 6. The van der Waals surface area contributed by atoms with E-state index in [4.69, 9.17) is 21.1 Å². The monoisotopic (exact) mass is 433 g/mol. The van der Waals surface area contributed by atoms with Gasteiger partial charge in [0.2, 0.25) is 11.8 Å². The lowest BCUT2D eigenvalue weighted by molar-refractivity contribution is -0.129. The Morgan fingerprint density at radius 1 is 1.24 bits per heavy atom. The van der Waals surface area contributed by atoms with Crippen molar-refractivity contribution in [3.63, 3.8) is 0 Å². The average molecular weight is 434 g/mol. The molecule has 0 saturated heterocycles. The number of methoxy groups -OCH3 is 1. The Morgan fingerprint density at radius 2 is 2.00 bits per heavy atom. The van der Waals surface area contributed by atoms with Crippen LogP contribution in [-0.4, -0.2) is 29.1 Å². The Kier molecular flexibility index (Phi) is 6.66. The first-order valence-electron chi connectivity index (χ1n) is 8.76. The van der Waals surface area contributed by atoms with E-state index in [1.54, 1.807) is 31.4 Å². The van der Waals surface area contributed by atoms with Gasteiger partial charge in [-0.05, 0) is 24.3 Å². The highest BCUT2D eigenvalue weighted by Crippen LogP contribution is 2.44. The molecule has 2 aromatic rings. The van der Waals surface area contributed by atoms with Crippen LogP contribution >= 0.6 is 23.4 Å². The van der Waals surface area contributed by atoms with E-state index in [9.17, 15) is 9.59 Å². The van der Waals surface area contributed by atoms with E-state index in [0.29, 0.717) is 27.3 Å². The largest absolute Gasteiger partial charge is 0.497 e. The third-order valence-corrected chi connectivity index (χ3v) is 5.53. The SMILES string of the molecule is COc1ccc(OCc2ccccc2Cl)c([C@@H]2SC(NC(C)=O)=NN2C(C)=O)c1. The van der Waals surface area contributed by atoms with Crippen LogP contribution in [0.1, 0.15) is 30.3 Å². The first-order valence-corrected chi connectivity index (χ1v) is 10.0. The second-order valence-corrected chi connectivity index (χ2v) is 7.68. The lowest BCUT2D eigenvalue weighted by Gasteiger charge is -2.22. The molecule has 3 rings (SSSR count). The molecule has 0 aromatic heterocycles. The number of halogens is 1. The van der Waals surface area contributed by atoms with Crippen molar-refractivity contribution in [1.82, 2.24) is 10.3 Å². The number of benzene rings is 2. The number of hydrazone groups is 1. The molecule has 1 atom stereocenters. The van der Waals surface area contributed by atoms with Gasteiger partial charge < -0.3 is 14.8 Å². The Morgan fingerprint density at radius 3 is 2.66 bits per heavy atom.